The Balaban J connectivity index is 1.63. The first kappa shape index (κ1) is 22.0. The predicted octanol–water partition coefficient (Wildman–Crippen LogP) is 3.49. The fourth-order valence-corrected chi connectivity index (χ4v) is 4.96. The van der Waals surface area contributed by atoms with Gasteiger partial charge in [0.05, 0.1) is 28.8 Å². The molecule has 0 radical (unpaired) electrons. The molecule has 3 rings (SSSR count). The second kappa shape index (κ2) is 9.90. The van der Waals surface area contributed by atoms with E-state index in [1.54, 1.807) is 0 Å². The first-order valence-corrected chi connectivity index (χ1v) is 11.6. The second-order valence-electron chi connectivity index (χ2n) is 6.38. The van der Waals surface area contributed by atoms with Gasteiger partial charge in [-0.3, -0.25) is 0 Å². The highest BCUT2D eigenvalue weighted by Gasteiger charge is 2.27. The molecule has 2 amide bonds. The largest absolute Gasteiger partial charge is 0.379 e. The number of hydrogen-bond acceptors (Lipinski definition) is 4. The maximum absolute atomic E-state index is 12.8. The third-order valence-electron chi connectivity index (χ3n) is 4.43. The van der Waals surface area contributed by atoms with Gasteiger partial charge in [0, 0.05) is 24.1 Å². The first-order valence-electron chi connectivity index (χ1n) is 9.03. The van der Waals surface area contributed by atoms with E-state index in [0.717, 1.165) is 10.0 Å². The third kappa shape index (κ3) is 5.70. The Morgan fingerprint density at radius 2 is 1.90 bits per heavy atom. The summed E-state index contributed by atoms with van der Waals surface area (Å²) in [7, 11) is -3.68. The van der Waals surface area contributed by atoms with Crippen LogP contribution >= 0.6 is 27.5 Å². The van der Waals surface area contributed by atoms with E-state index >= 15 is 0 Å². The molecule has 1 fully saturated rings. The smallest absolute Gasteiger partial charge is 0.319 e. The van der Waals surface area contributed by atoms with E-state index in [0.29, 0.717) is 39.3 Å². The number of carbonyl (C=O) groups is 1. The van der Waals surface area contributed by atoms with Crippen molar-refractivity contribution in [1.29, 1.82) is 0 Å². The molecule has 0 bridgehead atoms. The molecule has 0 saturated carbocycles. The quantitative estimate of drug-likeness (QED) is 0.633. The van der Waals surface area contributed by atoms with E-state index in [-0.39, 0.29) is 15.6 Å². The lowest BCUT2D eigenvalue weighted by molar-refractivity contribution is 0.0730. The maximum Gasteiger partial charge on any atom is 0.319 e. The van der Waals surface area contributed by atoms with Gasteiger partial charge in [0.25, 0.3) is 0 Å². The molecule has 0 aliphatic carbocycles. The minimum Gasteiger partial charge on any atom is -0.379 e. The van der Waals surface area contributed by atoms with Gasteiger partial charge in [-0.2, -0.15) is 4.31 Å². The second-order valence-corrected chi connectivity index (χ2v) is 9.58. The molecule has 0 unspecified atom stereocenters. The average molecular weight is 503 g/mol. The van der Waals surface area contributed by atoms with Gasteiger partial charge < -0.3 is 15.4 Å². The fraction of sp³-hybridized carbons (Fsp3) is 0.316. The average Bonchev–Trinajstić information content (AvgIpc) is 2.71. The van der Waals surface area contributed by atoms with Crippen LogP contribution in [0.2, 0.25) is 5.02 Å². The standard InChI is InChI=1S/C19H21BrClN3O4S/c20-16-4-2-1-3-14(16)7-8-22-19(25)23-18-13-15(5-6-17(18)21)29(26,27)24-9-11-28-12-10-24/h1-6,13H,7-12H2,(H2,22,23,25). The molecule has 2 N–H and O–H groups in total. The van der Waals surface area contributed by atoms with Crippen molar-refractivity contribution in [3.63, 3.8) is 0 Å². The lowest BCUT2D eigenvalue weighted by Crippen LogP contribution is -2.40. The zero-order valence-electron chi connectivity index (χ0n) is 15.5. The van der Waals surface area contributed by atoms with Crippen molar-refractivity contribution in [2.75, 3.05) is 38.2 Å². The number of nitrogens with one attached hydrogen (secondary N) is 2. The van der Waals surface area contributed by atoms with Crippen LogP contribution in [0.5, 0.6) is 0 Å². The van der Waals surface area contributed by atoms with Crippen molar-refractivity contribution in [1.82, 2.24) is 9.62 Å². The predicted molar refractivity (Wildman–Crippen MR) is 116 cm³/mol. The summed E-state index contributed by atoms with van der Waals surface area (Å²) in [5.41, 5.74) is 1.31. The summed E-state index contributed by atoms with van der Waals surface area (Å²) in [6.45, 7) is 1.72. The Kier molecular flexibility index (Phi) is 7.53. The molecule has 1 heterocycles. The number of carbonyl (C=O) groups excluding carboxylic acids is 1. The van der Waals surface area contributed by atoms with Crippen molar-refractivity contribution < 1.29 is 17.9 Å². The SMILES string of the molecule is O=C(NCCc1ccccc1Br)Nc1cc(S(=O)(=O)N2CCOCC2)ccc1Cl. The summed E-state index contributed by atoms with van der Waals surface area (Å²) in [5.74, 6) is 0. The summed E-state index contributed by atoms with van der Waals surface area (Å²) < 4.78 is 33.1. The monoisotopic (exact) mass is 501 g/mol. The molecule has 10 heteroatoms. The van der Waals surface area contributed by atoms with E-state index in [2.05, 4.69) is 26.6 Å². The van der Waals surface area contributed by atoms with Crippen LogP contribution in [-0.2, 0) is 21.2 Å². The lowest BCUT2D eigenvalue weighted by atomic mass is 10.1. The minimum atomic E-state index is -3.68. The van der Waals surface area contributed by atoms with Crippen LogP contribution in [0.3, 0.4) is 0 Å². The van der Waals surface area contributed by atoms with Crippen LogP contribution < -0.4 is 10.6 Å². The van der Waals surface area contributed by atoms with Gasteiger partial charge in [-0.05, 0) is 36.2 Å². The van der Waals surface area contributed by atoms with E-state index in [1.807, 2.05) is 24.3 Å². The van der Waals surface area contributed by atoms with Gasteiger partial charge >= 0.3 is 6.03 Å². The number of morpholine rings is 1. The highest BCUT2D eigenvalue weighted by molar-refractivity contribution is 9.10. The lowest BCUT2D eigenvalue weighted by Gasteiger charge is -2.26. The van der Waals surface area contributed by atoms with Gasteiger partial charge in [-0.15, -0.1) is 0 Å². The molecule has 156 valence electrons. The molecule has 2 aromatic rings. The number of rotatable bonds is 6. The van der Waals surface area contributed by atoms with Crippen LogP contribution in [0, 0.1) is 0 Å². The topological polar surface area (TPSA) is 87.7 Å². The van der Waals surface area contributed by atoms with E-state index < -0.39 is 16.1 Å². The first-order chi connectivity index (χ1) is 13.9. The molecule has 29 heavy (non-hydrogen) atoms. The Morgan fingerprint density at radius 1 is 1.17 bits per heavy atom. The number of urea groups is 1. The number of ether oxygens (including phenoxy) is 1. The molecule has 0 aromatic heterocycles. The number of benzene rings is 2. The number of anilines is 1. The molecule has 2 aromatic carbocycles. The zero-order chi connectivity index (χ0) is 20.9. The highest BCUT2D eigenvalue weighted by atomic mass is 79.9. The normalized spacial score (nSPS) is 15.1. The van der Waals surface area contributed by atoms with Crippen molar-refractivity contribution in [3.8, 4) is 0 Å². The van der Waals surface area contributed by atoms with Gasteiger partial charge in [-0.1, -0.05) is 45.7 Å². The van der Waals surface area contributed by atoms with E-state index in [1.165, 1.54) is 22.5 Å². The zero-order valence-corrected chi connectivity index (χ0v) is 18.7. The van der Waals surface area contributed by atoms with Crippen molar-refractivity contribution in [3.05, 3.63) is 57.5 Å². The molecular formula is C19H21BrClN3O4S. The van der Waals surface area contributed by atoms with Crippen LogP contribution in [0.4, 0.5) is 10.5 Å². The third-order valence-corrected chi connectivity index (χ3v) is 7.43. The van der Waals surface area contributed by atoms with Gasteiger partial charge in [0.15, 0.2) is 0 Å². The van der Waals surface area contributed by atoms with Crippen LogP contribution in [0.25, 0.3) is 0 Å². The minimum absolute atomic E-state index is 0.0762. The van der Waals surface area contributed by atoms with Gasteiger partial charge in [0.2, 0.25) is 10.0 Å². The summed E-state index contributed by atoms with van der Waals surface area (Å²) >= 11 is 9.62. The summed E-state index contributed by atoms with van der Waals surface area (Å²) in [6, 6.07) is 11.6. The van der Waals surface area contributed by atoms with Crippen LogP contribution in [0.15, 0.2) is 51.8 Å². The Hall–Kier alpha value is -1.65. The molecule has 7 nitrogen and oxygen atoms in total. The van der Waals surface area contributed by atoms with Crippen LogP contribution in [-0.4, -0.2) is 51.6 Å². The molecule has 0 atom stereocenters. The van der Waals surface area contributed by atoms with Crippen LogP contribution in [0.1, 0.15) is 5.56 Å². The molecule has 1 aliphatic heterocycles. The summed E-state index contributed by atoms with van der Waals surface area (Å²) in [4.78, 5) is 12.3. The summed E-state index contributed by atoms with van der Waals surface area (Å²) in [6.07, 6.45) is 0.647. The Morgan fingerprint density at radius 3 is 2.62 bits per heavy atom. The molecular weight excluding hydrogens is 482 g/mol. The number of halogens is 2. The van der Waals surface area contributed by atoms with Gasteiger partial charge in [-0.25, -0.2) is 13.2 Å². The van der Waals surface area contributed by atoms with Crippen molar-refractivity contribution in [2.24, 2.45) is 0 Å². The number of sulfonamides is 1. The van der Waals surface area contributed by atoms with Gasteiger partial charge in [0.1, 0.15) is 0 Å². The molecule has 1 aliphatic rings. The Labute approximate surface area is 183 Å². The van der Waals surface area contributed by atoms with E-state index in [4.69, 9.17) is 16.3 Å². The van der Waals surface area contributed by atoms with E-state index in [9.17, 15) is 13.2 Å². The fourth-order valence-electron chi connectivity index (χ4n) is 2.88. The number of amides is 2. The van der Waals surface area contributed by atoms with Crippen molar-refractivity contribution in [2.45, 2.75) is 11.3 Å². The number of hydrogen-bond donors (Lipinski definition) is 2. The maximum atomic E-state index is 12.8. The highest BCUT2D eigenvalue weighted by Crippen LogP contribution is 2.27. The molecule has 1 saturated heterocycles. The van der Waals surface area contributed by atoms with Crippen molar-refractivity contribution >= 4 is 49.3 Å². The molecule has 0 spiro atoms. The Bertz CT molecular complexity index is 981. The number of nitrogens with zero attached hydrogens (tertiary/aromatic N) is 1. The summed E-state index contributed by atoms with van der Waals surface area (Å²) in [5, 5.41) is 5.63.